The standard InChI is InChI=1S/C19H22Cl2N2O3S2/c1-14(23(28(2,25)26)16-6-4-3-5-7-16)19(24)22-10-11-27-13-15-8-9-17(20)18(21)12-15/h3-9,12,14H,10-11,13H2,1-2H3,(H,22,24)/t14-/m0/s1. The molecule has 0 unspecified atom stereocenters. The fourth-order valence-corrected chi connectivity index (χ4v) is 4.90. The molecule has 0 aliphatic rings. The highest BCUT2D eigenvalue weighted by molar-refractivity contribution is 7.98. The zero-order chi connectivity index (χ0) is 20.7. The van der Waals surface area contributed by atoms with Gasteiger partial charge in [-0.3, -0.25) is 9.10 Å². The van der Waals surface area contributed by atoms with E-state index in [4.69, 9.17) is 23.2 Å². The number of halogens is 2. The zero-order valence-corrected chi connectivity index (χ0v) is 18.7. The lowest BCUT2D eigenvalue weighted by Crippen LogP contribution is -2.48. The summed E-state index contributed by atoms with van der Waals surface area (Å²) >= 11 is 13.5. The first kappa shape index (κ1) is 22.9. The van der Waals surface area contributed by atoms with Crippen molar-refractivity contribution in [3.63, 3.8) is 0 Å². The molecule has 152 valence electrons. The SMILES string of the molecule is C[C@@H](C(=O)NCCSCc1ccc(Cl)c(Cl)c1)N(c1ccccc1)S(C)(=O)=O. The molecule has 0 saturated carbocycles. The number of hydrogen-bond donors (Lipinski definition) is 1. The monoisotopic (exact) mass is 460 g/mol. The fourth-order valence-electron chi connectivity index (χ4n) is 2.60. The van der Waals surface area contributed by atoms with Gasteiger partial charge in [0.15, 0.2) is 0 Å². The van der Waals surface area contributed by atoms with Crippen molar-refractivity contribution >= 4 is 56.6 Å². The maximum absolute atomic E-state index is 12.5. The van der Waals surface area contributed by atoms with Crippen LogP contribution in [0.1, 0.15) is 12.5 Å². The van der Waals surface area contributed by atoms with Crippen LogP contribution >= 0.6 is 35.0 Å². The van der Waals surface area contributed by atoms with E-state index in [9.17, 15) is 13.2 Å². The number of nitrogens with one attached hydrogen (secondary N) is 1. The molecule has 2 rings (SSSR count). The van der Waals surface area contributed by atoms with Gasteiger partial charge < -0.3 is 5.32 Å². The number of sulfonamides is 1. The molecule has 0 heterocycles. The summed E-state index contributed by atoms with van der Waals surface area (Å²) in [6.45, 7) is 2.01. The third kappa shape index (κ3) is 6.58. The summed E-state index contributed by atoms with van der Waals surface area (Å²) in [5.74, 6) is 1.08. The molecule has 0 aromatic heterocycles. The van der Waals surface area contributed by atoms with Crippen molar-refractivity contribution < 1.29 is 13.2 Å². The van der Waals surface area contributed by atoms with E-state index in [1.165, 1.54) is 0 Å². The molecule has 0 saturated heterocycles. The Kier molecular flexibility index (Phi) is 8.49. The molecular formula is C19H22Cl2N2O3S2. The third-order valence-electron chi connectivity index (χ3n) is 3.90. The minimum atomic E-state index is -3.60. The number of nitrogens with zero attached hydrogens (tertiary/aromatic N) is 1. The Morgan fingerprint density at radius 1 is 1.14 bits per heavy atom. The lowest BCUT2D eigenvalue weighted by atomic mass is 10.2. The molecule has 1 N–H and O–H groups in total. The van der Waals surface area contributed by atoms with E-state index in [2.05, 4.69) is 5.32 Å². The van der Waals surface area contributed by atoms with Crippen molar-refractivity contribution in [1.82, 2.24) is 5.32 Å². The van der Waals surface area contributed by atoms with Gasteiger partial charge in [-0.2, -0.15) is 11.8 Å². The second kappa shape index (κ2) is 10.4. The minimum Gasteiger partial charge on any atom is -0.353 e. The summed E-state index contributed by atoms with van der Waals surface area (Å²) in [4.78, 5) is 12.5. The first-order chi connectivity index (χ1) is 13.2. The molecule has 0 bridgehead atoms. The van der Waals surface area contributed by atoms with E-state index < -0.39 is 16.1 Å². The summed E-state index contributed by atoms with van der Waals surface area (Å²) in [7, 11) is -3.60. The predicted octanol–water partition coefficient (Wildman–Crippen LogP) is 4.20. The number of para-hydroxylation sites is 1. The molecule has 2 aromatic carbocycles. The Morgan fingerprint density at radius 3 is 2.43 bits per heavy atom. The molecule has 1 atom stereocenters. The molecule has 0 aliphatic carbocycles. The lowest BCUT2D eigenvalue weighted by Gasteiger charge is -2.28. The number of carbonyl (C=O) groups excluding carboxylic acids is 1. The average Bonchev–Trinajstić information content (AvgIpc) is 2.64. The third-order valence-corrected chi connectivity index (χ3v) is 6.91. The summed E-state index contributed by atoms with van der Waals surface area (Å²) < 4.78 is 25.5. The van der Waals surface area contributed by atoms with E-state index in [1.54, 1.807) is 55.1 Å². The molecule has 28 heavy (non-hydrogen) atoms. The number of anilines is 1. The van der Waals surface area contributed by atoms with Gasteiger partial charge in [-0.25, -0.2) is 8.42 Å². The molecular weight excluding hydrogens is 439 g/mol. The molecule has 5 nitrogen and oxygen atoms in total. The molecule has 0 spiro atoms. The van der Waals surface area contributed by atoms with Crippen LogP contribution in [0.5, 0.6) is 0 Å². The molecule has 0 radical (unpaired) electrons. The van der Waals surface area contributed by atoms with Gasteiger partial charge in [0, 0.05) is 18.1 Å². The number of amides is 1. The molecule has 0 fully saturated rings. The van der Waals surface area contributed by atoms with Crippen molar-refractivity contribution in [3.05, 3.63) is 64.1 Å². The van der Waals surface area contributed by atoms with Crippen molar-refractivity contribution in [3.8, 4) is 0 Å². The maximum Gasteiger partial charge on any atom is 0.243 e. The van der Waals surface area contributed by atoms with E-state index >= 15 is 0 Å². The number of rotatable bonds is 9. The Balaban J connectivity index is 1.86. The van der Waals surface area contributed by atoms with Crippen LogP contribution in [0.3, 0.4) is 0 Å². The highest BCUT2D eigenvalue weighted by atomic mass is 35.5. The topological polar surface area (TPSA) is 66.5 Å². The average molecular weight is 461 g/mol. The van der Waals surface area contributed by atoms with Gasteiger partial charge in [-0.05, 0) is 36.8 Å². The summed E-state index contributed by atoms with van der Waals surface area (Å²) in [6.07, 6.45) is 1.09. The van der Waals surface area contributed by atoms with Crippen molar-refractivity contribution in [2.45, 2.75) is 18.7 Å². The summed E-state index contributed by atoms with van der Waals surface area (Å²) in [5, 5.41) is 3.83. The van der Waals surface area contributed by atoms with Crippen molar-refractivity contribution in [2.75, 3.05) is 22.9 Å². The van der Waals surface area contributed by atoms with E-state index in [1.807, 2.05) is 12.1 Å². The normalized spacial score (nSPS) is 12.4. The Bertz CT molecular complexity index is 909. The van der Waals surface area contributed by atoms with Gasteiger partial charge in [0.25, 0.3) is 0 Å². The van der Waals surface area contributed by atoms with Gasteiger partial charge in [0.1, 0.15) is 6.04 Å². The highest BCUT2D eigenvalue weighted by Crippen LogP contribution is 2.24. The Hall–Kier alpha value is -1.41. The smallest absolute Gasteiger partial charge is 0.243 e. The van der Waals surface area contributed by atoms with Crippen molar-refractivity contribution in [1.29, 1.82) is 0 Å². The van der Waals surface area contributed by atoms with Crippen LogP contribution < -0.4 is 9.62 Å². The predicted molar refractivity (Wildman–Crippen MR) is 119 cm³/mol. The summed E-state index contributed by atoms with van der Waals surface area (Å²) in [6, 6.07) is 13.2. The second-order valence-corrected chi connectivity index (χ2v) is 9.94. The van der Waals surface area contributed by atoms with Crippen LogP contribution in [-0.2, 0) is 20.6 Å². The zero-order valence-electron chi connectivity index (χ0n) is 15.6. The van der Waals surface area contributed by atoms with Gasteiger partial charge in [-0.1, -0.05) is 47.5 Å². The second-order valence-electron chi connectivity index (χ2n) is 6.16. The first-order valence-electron chi connectivity index (χ1n) is 8.54. The van der Waals surface area contributed by atoms with Crippen LogP contribution in [0.15, 0.2) is 48.5 Å². The van der Waals surface area contributed by atoms with Gasteiger partial charge in [0.05, 0.1) is 22.0 Å². The number of carbonyl (C=O) groups is 1. The summed E-state index contributed by atoms with van der Waals surface area (Å²) in [5.41, 5.74) is 1.51. The van der Waals surface area contributed by atoms with Gasteiger partial charge in [0.2, 0.25) is 15.9 Å². The van der Waals surface area contributed by atoms with Crippen LogP contribution in [0.25, 0.3) is 0 Å². The highest BCUT2D eigenvalue weighted by Gasteiger charge is 2.28. The van der Waals surface area contributed by atoms with Gasteiger partial charge in [-0.15, -0.1) is 0 Å². The number of thioether (sulfide) groups is 1. The largest absolute Gasteiger partial charge is 0.353 e. The molecule has 0 aliphatic heterocycles. The van der Waals surface area contributed by atoms with Crippen molar-refractivity contribution in [2.24, 2.45) is 0 Å². The lowest BCUT2D eigenvalue weighted by molar-refractivity contribution is -0.121. The van der Waals surface area contributed by atoms with Crippen LogP contribution in [0.4, 0.5) is 5.69 Å². The van der Waals surface area contributed by atoms with E-state index in [0.717, 1.165) is 21.9 Å². The number of hydrogen-bond acceptors (Lipinski definition) is 4. The van der Waals surface area contributed by atoms with E-state index in [0.29, 0.717) is 28.0 Å². The Morgan fingerprint density at radius 2 is 1.82 bits per heavy atom. The maximum atomic E-state index is 12.5. The van der Waals surface area contributed by atoms with Crippen LogP contribution in [0, 0.1) is 0 Å². The Labute approximate surface area is 180 Å². The molecule has 9 heteroatoms. The molecule has 1 amide bonds. The fraction of sp³-hybridized carbons (Fsp3) is 0.316. The van der Waals surface area contributed by atoms with Gasteiger partial charge >= 0.3 is 0 Å². The van der Waals surface area contributed by atoms with E-state index in [-0.39, 0.29) is 5.91 Å². The molecule has 2 aromatic rings. The number of benzene rings is 2. The first-order valence-corrected chi connectivity index (χ1v) is 12.3. The quantitative estimate of drug-likeness (QED) is 0.569. The minimum absolute atomic E-state index is 0.343. The van der Waals surface area contributed by atoms with Crippen LogP contribution in [0.2, 0.25) is 10.0 Å². The van der Waals surface area contributed by atoms with Crippen LogP contribution in [-0.4, -0.2) is 38.9 Å².